The smallest absolute Gasteiger partial charge is 0.316 e. The van der Waals surface area contributed by atoms with E-state index in [0.717, 1.165) is 12.8 Å². The molecule has 3 nitrogen and oxygen atoms in total. The van der Waals surface area contributed by atoms with Gasteiger partial charge in [0.1, 0.15) is 0 Å². The van der Waals surface area contributed by atoms with Gasteiger partial charge in [-0.1, -0.05) is 26.2 Å². The van der Waals surface area contributed by atoms with E-state index >= 15 is 0 Å². The minimum Gasteiger partial charge on any atom is -0.326 e. The Bertz CT molecular complexity index is 99.8. The van der Waals surface area contributed by atoms with Crippen LogP contribution in [0.2, 0.25) is 0 Å². The van der Waals surface area contributed by atoms with E-state index in [4.69, 9.17) is 4.89 Å². The Kier molecular flexibility index (Phi) is 13.7. The van der Waals surface area contributed by atoms with E-state index < -0.39 is 8.25 Å². The monoisotopic (exact) mass is 224 g/mol. The molecule has 0 radical (unpaired) electrons. The van der Waals surface area contributed by atoms with Crippen LogP contribution in [0.25, 0.3) is 0 Å². The predicted octanol–water partition coefficient (Wildman–Crippen LogP) is 1.96. The molecule has 0 aromatic rings. The Balaban J connectivity index is 0. The normalized spacial score (nSPS) is 12.2. The molecule has 0 heterocycles. The molecular weight excluding hydrogens is 210 g/mol. The van der Waals surface area contributed by atoms with Crippen molar-refractivity contribution < 1.29 is 30.5 Å². The van der Waals surface area contributed by atoms with Gasteiger partial charge < -0.3 is 9.42 Å². The molecule has 0 saturated carbocycles. The van der Waals surface area contributed by atoms with Crippen LogP contribution in [-0.2, 0) is 25.6 Å². The predicted molar refractivity (Wildman–Crippen MR) is 41.3 cm³/mol. The third kappa shape index (κ3) is 13.6. The molecule has 72 valence electrons. The van der Waals surface area contributed by atoms with Crippen molar-refractivity contribution in [3.05, 3.63) is 0 Å². The van der Waals surface area contributed by atoms with E-state index in [0.29, 0.717) is 6.61 Å². The molecule has 1 atom stereocenters. The van der Waals surface area contributed by atoms with Crippen LogP contribution in [0, 0.1) is 0 Å². The van der Waals surface area contributed by atoms with E-state index in [9.17, 15) is 4.57 Å². The second-order valence-corrected chi connectivity index (χ2v) is 3.00. The zero-order valence-corrected chi connectivity index (χ0v) is 8.60. The van der Waals surface area contributed by atoms with Crippen LogP contribution in [0.4, 0.5) is 0 Å². The molecule has 0 fully saturated rings. The average Bonchev–Trinajstić information content (AvgIpc) is 1.87. The SMILES string of the molecule is CCCCCCO[PH](=O)O.[Ni]. The second kappa shape index (κ2) is 10.6. The molecule has 1 unspecified atom stereocenters. The Labute approximate surface area is 78.4 Å². The quantitative estimate of drug-likeness (QED) is 0.426. The van der Waals surface area contributed by atoms with Gasteiger partial charge in [0.25, 0.3) is 0 Å². The molecule has 0 aliphatic carbocycles. The zero-order chi connectivity index (χ0) is 7.82. The van der Waals surface area contributed by atoms with Crippen molar-refractivity contribution >= 4 is 8.25 Å². The third-order valence-corrected chi connectivity index (χ3v) is 1.67. The molecule has 0 aromatic carbocycles. The Morgan fingerprint density at radius 1 is 1.36 bits per heavy atom. The summed E-state index contributed by atoms with van der Waals surface area (Å²) in [7, 11) is -2.67. The van der Waals surface area contributed by atoms with Crippen LogP contribution in [0.5, 0.6) is 0 Å². The summed E-state index contributed by atoms with van der Waals surface area (Å²) in [5.74, 6) is 0. The Hall–Kier alpha value is 0.644. The largest absolute Gasteiger partial charge is 0.326 e. The van der Waals surface area contributed by atoms with Gasteiger partial charge >= 0.3 is 8.25 Å². The summed E-state index contributed by atoms with van der Waals surface area (Å²) in [6, 6.07) is 0. The summed E-state index contributed by atoms with van der Waals surface area (Å²) in [6.07, 6.45) is 4.33. The molecule has 5 heteroatoms. The van der Waals surface area contributed by atoms with E-state index in [2.05, 4.69) is 11.4 Å². The van der Waals surface area contributed by atoms with Crippen molar-refractivity contribution in [1.29, 1.82) is 0 Å². The van der Waals surface area contributed by atoms with Crippen LogP contribution in [0.1, 0.15) is 32.6 Å². The van der Waals surface area contributed by atoms with Gasteiger partial charge in [0.2, 0.25) is 0 Å². The third-order valence-electron chi connectivity index (χ3n) is 1.22. The summed E-state index contributed by atoms with van der Waals surface area (Å²) >= 11 is 0. The molecule has 0 rings (SSSR count). The fraction of sp³-hybridized carbons (Fsp3) is 1.00. The van der Waals surface area contributed by atoms with E-state index in [1.807, 2.05) is 0 Å². The first-order valence-corrected chi connectivity index (χ1v) is 4.89. The van der Waals surface area contributed by atoms with Crippen molar-refractivity contribution in [2.24, 2.45) is 0 Å². The first-order valence-electron chi connectivity index (χ1n) is 3.63. The summed E-state index contributed by atoms with van der Waals surface area (Å²) in [6.45, 7) is 2.55. The molecule has 1 N–H and O–H groups in total. The molecule has 0 aromatic heterocycles. The van der Waals surface area contributed by atoms with Crippen molar-refractivity contribution in [2.75, 3.05) is 6.61 Å². The van der Waals surface area contributed by atoms with Crippen molar-refractivity contribution in [2.45, 2.75) is 32.6 Å². The van der Waals surface area contributed by atoms with Crippen LogP contribution in [0.15, 0.2) is 0 Å². The van der Waals surface area contributed by atoms with Gasteiger partial charge in [0.15, 0.2) is 0 Å². The van der Waals surface area contributed by atoms with Gasteiger partial charge in [0.05, 0.1) is 6.61 Å². The summed E-state index contributed by atoms with van der Waals surface area (Å²) in [5, 5.41) is 0. The number of rotatable bonds is 6. The maximum absolute atomic E-state index is 9.99. The fourth-order valence-corrected chi connectivity index (χ4v) is 1.01. The van der Waals surface area contributed by atoms with Crippen molar-refractivity contribution in [3.8, 4) is 0 Å². The molecule has 0 spiro atoms. The first kappa shape index (κ1) is 14.2. The van der Waals surface area contributed by atoms with E-state index in [1.165, 1.54) is 12.8 Å². The molecule has 0 saturated heterocycles. The first-order chi connectivity index (χ1) is 4.77. The molecule has 0 bridgehead atoms. The van der Waals surface area contributed by atoms with Gasteiger partial charge in [-0.3, -0.25) is 4.57 Å². The topological polar surface area (TPSA) is 46.5 Å². The Morgan fingerprint density at radius 3 is 2.45 bits per heavy atom. The van der Waals surface area contributed by atoms with Crippen LogP contribution in [0.3, 0.4) is 0 Å². The maximum atomic E-state index is 9.99. The Morgan fingerprint density at radius 2 is 2.00 bits per heavy atom. The van der Waals surface area contributed by atoms with E-state index in [1.54, 1.807) is 0 Å². The van der Waals surface area contributed by atoms with Crippen LogP contribution < -0.4 is 0 Å². The summed E-state index contributed by atoms with van der Waals surface area (Å²) in [4.78, 5) is 8.23. The van der Waals surface area contributed by atoms with Gasteiger partial charge in [-0.2, -0.15) is 0 Å². The van der Waals surface area contributed by atoms with Gasteiger partial charge in [-0.15, -0.1) is 0 Å². The molecule has 0 aliphatic rings. The molecule has 0 aliphatic heterocycles. The minimum absolute atomic E-state index is 0. The maximum Gasteiger partial charge on any atom is 0.316 e. The van der Waals surface area contributed by atoms with Gasteiger partial charge in [-0.25, -0.2) is 0 Å². The fourth-order valence-electron chi connectivity index (χ4n) is 0.688. The standard InChI is InChI=1S/C6H15O3P.Ni/c1-2-3-4-5-6-9-10(7)8;/h10H,2-6H2,1H3,(H,7,8);. The molecular formula is C6H15NiO3P. The molecule has 0 amide bonds. The second-order valence-electron chi connectivity index (χ2n) is 2.18. The van der Waals surface area contributed by atoms with Crippen molar-refractivity contribution in [1.82, 2.24) is 0 Å². The van der Waals surface area contributed by atoms with E-state index in [-0.39, 0.29) is 16.5 Å². The van der Waals surface area contributed by atoms with Gasteiger partial charge in [0, 0.05) is 16.5 Å². The summed E-state index contributed by atoms with van der Waals surface area (Å²) in [5.41, 5.74) is 0. The number of hydrogen-bond donors (Lipinski definition) is 1. The summed E-state index contributed by atoms with van der Waals surface area (Å²) < 4.78 is 14.5. The number of hydrogen-bond acceptors (Lipinski definition) is 2. The van der Waals surface area contributed by atoms with Crippen LogP contribution >= 0.6 is 8.25 Å². The van der Waals surface area contributed by atoms with Crippen molar-refractivity contribution in [3.63, 3.8) is 0 Å². The average molecular weight is 225 g/mol. The zero-order valence-electron chi connectivity index (χ0n) is 6.62. The van der Waals surface area contributed by atoms with Crippen LogP contribution in [-0.4, -0.2) is 11.5 Å². The number of unbranched alkanes of at least 4 members (excludes halogenated alkanes) is 3. The van der Waals surface area contributed by atoms with Gasteiger partial charge in [-0.05, 0) is 6.42 Å². The minimum atomic E-state index is -2.67. The molecule has 11 heavy (non-hydrogen) atoms.